The topological polar surface area (TPSA) is 445 Å². The number of fused-ring (bicyclic) bond motifs is 10. The van der Waals surface area contributed by atoms with E-state index in [4.69, 9.17) is 13.9 Å². The van der Waals surface area contributed by atoms with Gasteiger partial charge in [-0.3, -0.25) is 52.9 Å². The van der Waals surface area contributed by atoms with E-state index >= 15 is 0 Å². The lowest BCUT2D eigenvalue weighted by Gasteiger charge is -2.43. The van der Waals surface area contributed by atoms with Crippen molar-refractivity contribution in [1.29, 1.82) is 0 Å². The number of hydrogen-bond donors (Lipinski definition) is 14. The maximum absolute atomic E-state index is 14.5. The molecule has 5 aromatic heterocycles. The van der Waals surface area contributed by atoms with Gasteiger partial charge in [0.15, 0.2) is 6.17 Å². The number of aliphatic hydroxyl groups is 3. The van der Waals surface area contributed by atoms with E-state index in [1.807, 2.05) is 128 Å². The maximum atomic E-state index is 14.5. The number of amides is 10. The van der Waals surface area contributed by atoms with Gasteiger partial charge in [0.1, 0.15) is 49.6 Å². The van der Waals surface area contributed by atoms with Gasteiger partial charge in [0.25, 0.3) is 35.4 Å². The lowest BCUT2D eigenvalue weighted by Crippen LogP contribution is -2.55. The van der Waals surface area contributed by atoms with Crippen molar-refractivity contribution in [2.24, 2.45) is 0 Å². The zero-order valence-corrected chi connectivity index (χ0v) is 82.0. The van der Waals surface area contributed by atoms with E-state index in [1.54, 1.807) is 43.6 Å². The number of ether oxygens (including phenoxy) is 2. The van der Waals surface area contributed by atoms with Crippen LogP contribution in [0.3, 0.4) is 0 Å². The molecular formula is C109H126FN19O16. The number of aromatic amines is 1. The molecule has 36 heteroatoms. The maximum Gasteiger partial charge on any atom is 0.257 e. The van der Waals surface area contributed by atoms with Crippen LogP contribution >= 0.6 is 0 Å². The molecule has 10 amide bonds. The first-order valence-corrected chi connectivity index (χ1v) is 51.6. The quantitative estimate of drug-likeness (QED) is 0.0579. The summed E-state index contributed by atoms with van der Waals surface area (Å²) in [7, 11) is 1.54. The Balaban J connectivity index is 0.000000107. The van der Waals surface area contributed by atoms with Gasteiger partial charge >= 0.3 is 0 Å². The van der Waals surface area contributed by atoms with Crippen molar-refractivity contribution in [3.8, 4) is 5.75 Å². The van der Waals surface area contributed by atoms with Gasteiger partial charge in [-0.05, 0) is 127 Å². The number of carbonyl (C=O) groups excluding carboxylic acids is 10. The predicted octanol–water partition coefficient (Wildman–Crippen LogP) is 8.23. The van der Waals surface area contributed by atoms with E-state index < -0.39 is 62.1 Å². The van der Waals surface area contributed by atoms with Crippen molar-refractivity contribution in [2.75, 3.05) is 72.9 Å². The molecule has 11 aliphatic heterocycles. The van der Waals surface area contributed by atoms with E-state index in [2.05, 4.69) is 80.4 Å². The molecule has 9 aromatic rings. The molecule has 0 spiro atoms. The highest BCUT2D eigenvalue weighted by atomic mass is 19.1. The molecule has 16 aliphatic rings. The van der Waals surface area contributed by atoms with Crippen molar-refractivity contribution >= 4 is 97.4 Å². The highest BCUT2D eigenvalue weighted by Gasteiger charge is 2.55. The highest BCUT2D eigenvalue weighted by molar-refractivity contribution is 6.04. The zero-order chi connectivity index (χ0) is 100. The molecule has 16 heterocycles. The number of pyridine rings is 2. The Kier molecular flexibility index (Phi) is 27.6. The van der Waals surface area contributed by atoms with Gasteiger partial charge in [-0.15, -0.1) is 0 Å². The van der Waals surface area contributed by atoms with Gasteiger partial charge in [-0.2, -0.15) is 5.10 Å². The molecule has 4 aromatic carbocycles. The number of methoxy groups -OCH3 is 1. The molecule has 5 saturated carbocycles. The average molecular weight is 1980 g/mol. The van der Waals surface area contributed by atoms with Gasteiger partial charge in [0.2, 0.25) is 23.6 Å². The Labute approximate surface area is 837 Å². The number of furan rings is 1. The summed E-state index contributed by atoms with van der Waals surface area (Å²) in [5.74, 6) is -0.957. The Hall–Kier alpha value is -14.0. The van der Waals surface area contributed by atoms with E-state index in [9.17, 15) is 67.7 Å². The van der Waals surface area contributed by atoms with Gasteiger partial charge in [0.05, 0.1) is 144 Å². The summed E-state index contributed by atoms with van der Waals surface area (Å²) < 4.78 is 33.4. The minimum Gasteiger partial charge on any atom is -0.493 e. The van der Waals surface area contributed by atoms with E-state index in [1.165, 1.54) is 6.92 Å². The number of nitrogens with zero attached hydrogens (tertiary/aromatic N) is 8. The van der Waals surface area contributed by atoms with Crippen molar-refractivity contribution in [1.82, 2.24) is 97.2 Å². The molecule has 145 heavy (non-hydrogen) atoms. The van der Waals surface area contributed by atoms with Crippen LogP contribution in [-0.4, -0.2) is 258 Å². The number of nitrogens with one attached hydrogen (secondary N) is 11. The Bertz CT molecular complexity index is 6810. The molecule has 0 radical (unpaired) electrons. The minimum absolute atomic E-state index is 0.00365. The number of carbonyl (C=O) groups is 10. The van der Waals surface area contributed by atoms with Crippen molar-refractivity contribution < 1.29 is 81.5 Å². The van der Waals surface area contributed by atoms with Crippen LogP contribution in [0.4, 0.5) is 4.39 Å². The van der Waals surface area contributed by atoms with Gasteiger partial charge in [0, 0.05) is 129 Å². The van der Waals surface area contributed by atoms with Gasteiger partial charge in [-0.25, -0.2) is 8.91 Å². The summed E-state index contributed by atoms with van der Waals surface area (Å²) in [6, 6.07) is 36.3. The SMILES string of the molecule is CC(F)C(=O)N1C2CCCC[C@H]2NC2=C(C(=O)NC2)[C@H]1c1cccc2cccnc12.COCC(=O)N1C2CCCC[C@H]2NC2=C(C(=O)NC2)[C@H]1c1cccc2cc(C)[nH]c12.Cc1cc2cccc([C@@H]3C4=C(CNC4=O)N[C@@H]4CCCCC4N3C(=O)CO)c2o1.O=C1NCC2=C1[C@@H](c1cccc3c1OCC3)N(C(=O)CO)C1CCCC[C@H]1N2.O=C1NCC2=C1[C@@H](c1cccc3ccnn13)N(C(=O)CO)C1CCCC[C@H]1N2. The third kappa shape index (κ3) is 18.0. The number of halogens is 1. The van der Waals surface area contributed by atoms with Crippen LogP contribution in [0.15, 0.2) is 194 Å². The average Bonchev–Trinajstić information content (AvgIpc) is 1.61. The van der Waals surface area contributed by atoms with Gasteiger partial charge in [-0.1, -0.05) is 149 Å². The van der Waals surface area contributed by atoms with Crippen molar-refractivity contribution in [3.05, 3.63) is 235 Å². The number of rotatable bonds is 11. The van der Waals surface area contributed by atoms with E-state index in [-0.39, 0.29) is 120 Å². The number of benzene rings is 4. The highest BCUT2D eigenvalue weighted by Crippen LogP contribution is 2.51. The number of alkyl halides is 1. The zero-order valence-electron chi connectivity index (χ0n) is 82.0. The molecule has 6 unspecified atom stereocenters. The Morgan fingerprint density at radius 1 is 0.441 bits per heavy atom. The predicted molar refractivity (Wildman–Crippen MR) is 534 cm³/mol. The molecular weight excluding hydrogens is 1850 g/mol. The molecule has 14 N–H and O–H groups in total. The fraction of sp³-hybridized carbons (Fsp3) is 0.468. The summed E-state index contributed by atoms with van der Waals surface area (Å²) in [4.78, 5) is 147. The lowest BCUT2D eigenvalue weighted by molar-refractivity contribution is -0.142. The normalized spacial score (nSPS) is 27.1. The van der Waals surface area contributed by atoms with Crippen LogP contribution in [0.1, 0.15) is 211 Å². The first-order valence-electron chi connectivity index (χ1n) is 51.6. The molecule has 5 fully saturated rings. The fourth-order valence-corrected chi connectivity index (χ4v) is 26.1. The summed E-state index contributed by atoms with van der Waals surface area (Å²) in [6.07, 6.45) is 22.1. The smallest absolute Gasteiger partial charge is 0.257 e. The third-order valence-corrected chi connectivity index (χ3v) is 32.2. The molecule has 16 atom stereocenters. The summed E-state index contributed by atoms with van der Waals surface area (Å²) in [5.41, 5.74) is 16.7. The van der Waals surface area contributed by atoms with E-state index in [0.29, 0.717) is 72.8 Å². The molecule has 35 nitrogen and oxygen atoms in total. The van der Waals surface area contributed by atoms with Crippen LogP contribution in [0, 0.1) is 13.8 Å². The minimum atomic E-state index is -1.65. The van der Waals surface area contributed by atoms with Crippen LogP contribution in [0.5, 0.6) is 5.75 Å². The Morgan fingerprint density at radius 3 is 1.33 bits per heavy atom. The summed E-state index contributed by atoms with van der Waals surface area (Å²) in [6.45, 7) is 6.27. The van der Waals surface area contributed by atoms with E-state index in [0.717, 1.165) is 247 Å². The number of H-pyrrole nitrogens is 1. The van der Waals surface area contributed by atoms with Crippen LogP contribution < -0.4 is 57.9 Å². The Morgan fingerprint density at radius 2 is 0.841 bits per heavy atom. The first-order chi connectivity index (χ1) is 70.6. The summed E-state index contributed by atoms with van der Waals surface area (Å²) >= 11 is 0. The molecule has 0 bridgehead atoms. The van der Waals surface area contributed by atoms with Crippen molar-refractivity contribution in [3.63, 3.8) is 0 Å². The van der Waals surface area contributed by atoms with Crippen LogP contribution in [0.25, 0.3) is 38.3 Å². The van der Waals surface area contributed by atoms with Crippen LogP contribution in [0.2, 0.25) is 0 Å². The fourth-order valence-electron chi connectivity index (χ4n) is 26.1. The number of hydrogen-bond acceptors (Lipinski definition) is 23. The summed E-state index contributed by atoms with van der Waals surface area (Å²) in [5, 5.41) is 69.2. The second-order valence-electron chi connectivity index (χ2n) is 40.7. The first kappa shape index (κ1) is 97.1. The largest absolute Gasteiger partial charge is 0.493 e. The number of aromatic nitrogens is 4. The second kappa shape index (κ2) is 41.3. The third-order valence-electron chi connectivity index (χ3n) is 32.2. The number of aryl methyl sites for hydroxylation is 2. The molecule has 25 rings (SSSR count). The van der Waals surface area contributed by atoms with Crippen LogP contribution in [-0.2, 0) is 59.1 Å². The lowest BCUT2D eigenvalue weighted by atomic mass is 9.86. The number of aliphatic hydroxyl groups excluding tert-OH is 3. The second-order valence-corrected chi connectivity index (χ2v) is 40.7. The monoisotopic (exact) mass is 1980 g/mol. The van der Waals surface area contributed by atoms with Crippen molar-refractivity contribution in [2.45, 2.75) is 252 Å². The van der Waals surface area contributed by atoms with Gasteiger partial charge < -0.3 is 112 Å². The molecule has 5 aliphatic carbocycles. The molecule has 760 valence electrons. The molecule has 0 saturated heterocycles. The standard InChI is InChI=1S/C23H25FN4O2.C23H28N4O3.C22H25N3O4.C21H25N3O4.C20H23N5O3/c1-13(24)23(30)28-18-10-3-2-9-16(18)27-17-12-26-22(29)19(17)21(28)15-8-4-6-14-7-5-11-25-20(14)15;1-13-10-14-6-5-7-15(21(14)25-13)22-20-17(11-24-23(20)29)26-16-8-3-4-9-18(16)27(22)19(28)12-30-2;1-12-9-13-5-4-6-14(21(13)29-12)20-19-16(10-23-22(19)28)24-15-7-2-3-8-17(15)25(20)18(27)11-26;25-11-17(26)24-16-7-2-1-6-14(16)23-15-10-22-21(27)18(15)19(24)13-5-3-4-12-8-9-28-20(12)13;26-11-17(27)24-15-6-2-1-5-13(15)23-14-10-21-20(28)18(14)19(24)16-7-3-4-12-8-9-22-25(12)16/h4-8,11,13,16,18,21,27H,2-3,9-10,12H2,1H3,(H,26,29);5-7,10,16,18,22,25-26H,3-4,8-9,11-12H2,1-2H3,(H,24,29);4-6,9,15,17,20,24,26H,2-3,7-8,10-11H2,1H3,(H,23,28);3-5,14,16,19,23,25H,1-2,6-11H2,(H,22,27);3-4,7-9,13,15,19,23,26H,1-2,5-6,10-11H2,(H,21,28)/t13?,16-,18?,21-;16-,18?,22-;15-,17?,20-;14-,16?,19-;13-,15?,19-/m11111/s1. The number of para-hydroxylation sites is 4.